The molecule has 1 N–H and O–H groups in total. The number of fused-ring (bicyclic) bond motifs is 2. The summed E-state index contributed by atoms with van der Waals surface area (Å²) in [5.41, 5.74) is 0.885. The summed E-state index contributed by atoms with van der Waals surface area (Å²) in [5, 5.41) is 11.7. The summed E-state index contributed by atoms with van der Waals surface area (Å²) in [4.78, 5) is 49.3. The smallest absolute Gasteiger partial charge is 0.387 e. The van der Waals surface area contributed by atoms with E-state index in [4.69, 9.17) is 16.3 Å². The number of halogens is 3. The zero-order chi connectivity index (χ0) is 33.4. The van der Waals surface area contributed by atoms with Crippen molar-refractivity contribution in [2.24, 2.45) is 11.8 Å². The number of nitrogens with zero attached hydrogens (tertiary/aromatic N) is 8. The first-order chi connectivity index (χ1) is 23.2. The van der Waals surface area contributed by atoms with E-state index in [0.717, 1.165) is 45.6 Å². The van der Waals surface area contributed by atoms with Crippen LogP contribution in [0.3, 0.4) is 0 Å². The highest BCUT2D eigenvalue weighted by molar-refractivity contribution is 6.31. The van der Waals surface area contributed by atoms with Crippen molar-refractivity contribution in [3.8, 4) is 17.0 Å². The number of alkyl halides is 2. The minimum atomic E-state index is -3.11. The number of hydrogen-bond acceptors (Lipinski definition) is 8. The molecule has 3 saturated heterocycles. The van der Waals surface area contributed by atoms with Crippen LogP contribution in [0.5, 0.6) is 5.75 Å². The third-order valence-corrected chi connectivity index (χ3v) is 9.47. The Morgan fingerprint density at radius 2 is 1.94 bits per heavy atom. The Kier molecular flexibility index (Phi) is 8.96. The van der Waals surface area contributed by atoms with E-state index >= 15 is 0 Å². The molecule has 0 unspecified atom stereocenters. The summed E-state index contributed by atoms with van der Waals surface area (Å²) in [5.74, 6) is 0.0921. The number of rotatable bonds is 11. The van der Waals surface area contributed by atoms with Crippen LogP contribution in [-0.2, 0) is 16.1 Å². The molecule has 48 heavy (non-hydrogen) atoms. The van der Waals surface area contributed by atoms with E-state index in [1.807, 2.05) is 9.80 Å². The van der Waals surface area contributed by atoms with Crippen LogP contribution in [-0.4, -0.2) is 109 Å². The van der Waals surface area contributed by atoms with Crippen molar-refractivity contribution in [3.05, 3.63) is 59.6 Å². The van der Waals surface area contributed by atoms with Gasteiger partial charge in [0.15, 0.2) is 5.65 Å². The lowest BCUT2D eigenvalue weighted by atomic mass is 10.0. The Labute approximate surface area is 279 Å². The summed E-state index contributed by atoms with van der Waals surface area (Å²) < 4.78 is 34.3. The molecule has 3 aromatic heterocycles. The average molecular weight is 682 g/mol. The molecule has 0 saturated carbocycles. The highest BCUT2D eigenvalue weighted by Crippen LogP contribution is 2.37. The van der Waals surface area contributed by atoms with Gasteiger partial charge in [-0.2, -0.15) is 19.0 Å². The van der Waals surface area contributed by atoms with E-state index in [1.54, 1.807) is 12.3 Å². The van der Waals surface area contributed by atoms with Gasteiger partial charge in [-0.3, -0.25) is 19.1 Å². The number of benzene rings is 1. The van der Waals surface area contributed by atoms with Gasteiger partial charge in [-0.1, -0.05) is 11.6 Å². The zero-order valence-corrected chi connectivity index (χ0v) is 26.7. The van der Waals surface area contributed by atoms with Gasteiger partial charge in [0.25, 0.3) is 5.91 Å². The summed E-state index contributed by atoms with van der Waals surface area (Å²) in [6, 6.07) is 5.80. The fourth-order valence-electron chi connectivity index (χ4n) is 7.00. The summed E-state index contributed by atoms with van der Waals surface area (Å²) in [7, 11) is 0. The molecule has 0 spiro atoms. The number of amides is 3. The molecular formula is C32H34ClF2N9O4. The second kappa shape index (κ2) is 13.5. The van der Waals surface area contributed by atoms with E-state index in [2.05, 4.69) is 25.4 Å². The van der Waals surface area contributed by atoms with E-state index < -0.39 is 12.5 Å². The van der Waals surface area contributed by atoms with Crippen molar-refractivity contribution in [2.75, 3.05) is 51.1 Å². The normalized spacial score (nSPS) is 19.5. The highest BCUT2D eigenvalue weighted by Gasteiger charge is 2.41. The summed E-state index contributed by atoms with van der Waals surface area (Å²) in [6.45, 7) is 2.42. The molecular weight excluding hydrogens is 648 g/mol. The number of nitrogens with one attached hydrogen (secondary N) is 1. The van der Waals surface area contributed by atoms with Crippen molar-refractivity contribution in [2.45, 2.75) is 32.4 Å². The first kappa shape index (κ1) is 31.9. The molecule has 4 aromatic rings. The predicted molar refractivity (Wildman–Crippen MR) is 171 cm³/mol. The van der Waals surface area contributed by atoms with Crippen LogP contribution in [0.15, 0.2) is 49.1 Å². The Balaban J connectivity index is 1.05. The quantitative estimate of drug-likeness (QED) is 0.255. The lowest BCUT2D eigenvalue weighted by Crippen LogP contribution is -2.36. The average Bonchev–Trinajstić information content (AvgIpc) is 3.88. The minimum absolute atomic E-state index is 0.100. The zero-order valence-electron chi connectivity index (χ0n) is 26.0. The molecule has 0 bridgehead atoms. The van der Waals surface area contributed by atoms with E-state index in [9.17, 15) is 23.2 Å². The third-order valence-electron chi connectivity index (χ3n) is 9.23. The first-order valence-electron chi connectivity index (χ1n) is 15.9. The molecule has 2 atom stereocenters. The molecule has 0 radical (unpaired) electrons. The van der Waals surface area contributed by atoms with Crippen molar-refractivity contribution in [3.63, 3.8) is 0 Å². The van der Waals surface area contributed by atoms with Crippen molar-refractivity contribution in [1.29, 1.82) is 0 Å². The molecule has 252 valence electrons. The van der Waals surface area contributed by atoms with Gasteiger partial charge >= 0.3 is 6.61 Å². The minimum Gasteiger partial charge on any atom is -0.434 e. The number of aromatic nitrogens is 5. The SMILES string of the molecule is O=C(Nc1cn(CC(=O)N2C[C@H]3CN(CCCN4CCCC4=O)C[C@H]3C2)nc1-c1cc(Cl)ccc1OC(F)F)c1cnn2cccnc12. The maximum atomic E-state index is 13.5. The number of anilines is 1. The van der Waals surface area contributed by atoms with Crippen LogP contribution < -0.4 is 10.1 Å². The largest absolute Gasteiger partial charge is 0.434 e. The second-order valence-corrected chi connectivity index (χ2v) is 12.9. The lowest BCUT2D eigenvalue weighted by molar-refractivity contribution is -0.131. The van der Waals surface area contributed by atoms with E-state index in [1.165, 1.54) is 46.0 Å². The van der Waals surface area contributed by atoms with Crippen LogP contribution in [0.4, 0.5) is 14.5 Å². The van der Waals surface area contributed by atoms with Crippen LogP contribution in [0.25, 0.3) is 16.9 Å². The molecule has 3 amide bonds. The van der Waals surface area contributed by atoms with Gasteiger partial charge in [-0.25, -0.2) is 9.50 Å². The first-order valence-corrected chi connectivity index (χ1v) is 16.3. The fourth-order valence-corrected chi connectivity index (χ4v) is 7.17. The van der Waals surface area contributed by atoms with Gasteiger partial charge in [-0.05, 0) is 55.5 Å². The maximum absolute atomic E-state index is 13.5. The fraction of sp³-hybridized carbons (Fsp3) is 0.438. The second-order valence-electron chi connectivity index (χ2n) is 12.4. The van der Waals surface area contributed by atoms with Gasteiger partial charge in [-0.15, -0.1) is 0 Å². The van der Waals surface area contributed by atoms with Crippen LogP contribution in [0, 0.1) is 11.8 Å². The molecule has 3 aliphatic rings. The van der Waals surface area contributed by atoms with Gasteiger partial charge in [0.2, 0.25) is 11.8 Å². The van der Waals surface area contributed by atoms with Crippen molar-refractivity contribution >= 4 is 40.7 Å². The summed E-state index contributed by atoms with van der Waals surface area (Å²) >= 11 is 6.24. The Bertz CT molecular complexity index is 1830. The van der Waals surface area contributed by atoms with E-state index in [0.29, 0.717) is 37.0 Å². The molecule has 16 heteroatoms. The topological polar surface area (TPSA) is 130 Å². The lowest BCUT2D eigenvalue weighted by Gasteiger charge is -2.23. The molecule has 6 heterocycles. The van der Waals surface area contributed by atoms with Gasteiger partial charge < -0.3 is 24.8 Å². The Hall–Kier alpha value is -4.63. The van der Waals surface area contributed by atoms with E-state index in [-0.39, 0.29) is 51.6 Å². The molecule has 1 aromatic carbocycles. The summed E-state index contributed by atoms with van der Waals surface area (Å²) in [6.07, 6.45) is 8.59. The van der Waals surface area contributed by atoms with Crippen LogP contribution in [0.2, 0.25) is 5.02 Å². The monoisotopic (exact) mass is 681 g/mol. The number of ether oxygens (including phenoxy) is 1. The number of carbonyl (C=O) groups is 3. The maximum Gasteiger partial charge on any atom is 0.387 e. The number of likely N-dealkylation sites (tertiary alicyclic amines) is 3. The number of carbonyl (C=O) groups excluding carboxylic acids is 3. The van der Waals surface area contributed by atoms with Crippen LogP contribution in [0.1, 0.15) is 29.6 Å². The van der Waals surface area contributed by atoms with Gasteiger partial charge in [0.1, 0.15) is 23.6 Å². The third kappa shape index (κ3) is 6.69. The van der Waals surface area contributed by atoms with Crippen molar-refractivity contribution < 1.29 is 27.9 Å². The molecule has 7 rings (SSSR count). The Morgan fingerprint density at radius 1 is 1.12 bits per heavy atom. The standard InChI is InChI=1S/C32H34ClF2N9O4/c33-22-5-6-26(48-32(34)35)23(12-22)29-25(38-31(47)24-13-37-44-11-2-7-36-30(24)44)18-43(39-29)19-28(46)42-16-20-14-40(15-21(20)17-42)8-3-10-41-9-1-4-27(41)45/h2,5-7,11-13,18,20-21,32H,1,3-4,8-10,14-17,19H2,(H,38,47)/t20-,21+. The predicted octanol–water partition coefficient (Wildman–Crippen LogP) is 3.50. The molecule has 3 aliphatic heterocycles. The molecule has 3 fully saturated rings. The van der Waals surface area contributed by atoms with Gasteiger partial charge in [0, 0.05) is 74.9 Å². The molecule has 0 aliphatic carbocycles. The highest BCUT2D eigenvalue weighted by atomic mass is 35.5. The van der Waals surface area contributed by atoms with Crippen LogP contribution >= 0.6 is 11.6 Å². The Morgan fingerprint density at radius 3 is 2.69 bits per heavy atom. The van der Waals surface area contributed by atoms with Gasteiger partial charge in [0.05, 0.1) is 11.9 Å². The van der Waals surface area contributed by atoms with Crippen molar-refractivity contribution in [1.82, 2.24) is 39.1 Å². The number of hydrogen-bond donors (Lipinski definition) is 1. The molecule has 13 nitrogen and oxygen atoms in total.